The molecule has 48 heavy (non-hydrogen) atoms. The molecule has 0 atom stereocenters. The van der Waals surface area contributed by atoms with Crippen LogP contribution in [0, 0.1) is 0 Å². The predicted molar refractivity (Wildman–Crippen MR) is 219 cm³/mol. The Labute approximate surface area is 295 Å². The van der Waals surface area contributed by atoms with E-state index >= 15 is 0 Å². The first-order valence-electron chi connectivity index (χ1n) is 17.0. The van der Waals surface area contributed by atoms with Crippen molar-refractivity contribution >= 4 is 83.0 Å². The van der Waals surface area contributed by atoms with Crippen molar-refractivity contribution in [1.29, 1.82) is 0 Å². The van der Waals surface area contributed by atoms with E-state index in [-0.39, 0.29) is 0 Å². The molecular formula is C38H50O4Si6. The molecule has 0 spiro atoms. The van der Waals surface area contributed by atoms with Crippen molar-refractivity contribution in [1.82, 2.24) is 0 Å². The van der Waals surface area contributed by atoms with Gasteiger partial charge in [0, 0.05) is 0 Å². The zero-order chi connectivity index (χ0) is 34.4. The van der Waals surface area contributed by atoms with E-state index in [0.717, 1.165) is 20.7 Å². The molecule has 0 aromatic heterocycles. The molecule has 0 aliphatic carbocycles. The SMILES string of the molecule is C[SiH](C)O[Si](O[Si](C)(C)c1ccc([Si](C)(C)O[Si](O[SiH](C)C)(c2ccccc2)c2ccccc2)cc1)(c1ccccc1)c1ccccc1. The fourth-order valence-corrected chi connectivity index (χ4v) is 28.7. The van der Waals surface area contributed by atoms with Gasteiger partial charge in [-0.1, -0.05) is 146 Å². The highest BCUT2D eigenvalue weighted by molar-refractivity contribution is 7.04. The number of benzene rings is 5. The monoisotopic (exact) mass is 738 g/mol. The molecule has 5 aromatic rings. The Hall–Kier alpha value is -2.76. The Kier molecular flexibility index (Phi) is 11.7. The maximum atomic E-state index is 7.52. The summed E-state index contributed by atoms with van der Waals surface area (Å²) in [4.78, 5) is 0. The molecule has 0 unspecified atom stereocenters. The molecule has 0 saturated heterocycles. The summed E-state index contributed by atoms with van der Waals surface area (Å²) >= 11 is 0. The van der Waals surface area contributed by atoms with E-state index < -0.39 is 51.8 Å². The number of rotatable bonds is 14. The lowest BCUT2D eigenvalue weighted by atomic mass is 10.4. The molecule has 0 aliphatic heterocycles. The van der Waals surface area contributed by atoms with Crippen LogP contribution in [0.5, 0.6) is 0 Å². The van der Waals surface area contributed by atoms with Gasteiger partial charge < -0.3 is 16.5 Å². The maximum Gasteiger partial charge on any atom is 0.386 e. The first-order chi connectivity index (χ1) is 22.9. The van der Waals surface area contributed by atoms with Gasteiger partial charge in [0.25, 0.3) is 0 Å². The van der Waals surface area contributed by atoms with E-state index in [1.54, 1.807) is 0 Å². The summed E-state index contributed by atoms with van der Waals surface area (Å²) in [5.41, 5.74) is 0. The molecule has 250 valence electrons. The van der Waals surface area contributed by atoms with Crippen LogP contribution in [-0.2, 0) is 16.5 Å². The van der Waals surface area contributed by atoms with Crippen molar-refractivity contribution in [3.63, 3.8) is 0 Å². The van der Waals surface area contributed by atoms with E-state index in [1.165, 1.54) is 10.4 Å². The van der Waals surface area contributed by atoms with E-state index in [4.69, 9.17) is 16.5 Å². The summed E-state index contributed by atoms with van der Waals surface area (Å²) in [6.07, 6.45) is 0. The summed E-state index contributed by atoms with van der Waals surface area (Å²) in [6, 6.07) is 51.7. The molecular weight excluding hydrogens is 689 g/mol. The number of hydrogen-bond donors (Lipinski definition) is 0. The fraction of sp³-hybridized carbons (Fsp3) is 0.211. The van der Waals surface area contributed by atoms with Crippen molar-refractivity contribution in [3.8, 4) is 0 Å². The second kappa shape index (κ2) is 15.4. The van der Waals surface area contributed by atoms with Crippen molar-refractivity contribution in [2.75, 3.05) is 0 Å². The molecule has 5 aromatic carbocycles. The lowest BCUT2D eigenvalue weighted by Crippen LogP contribution is -2.71. The van der Waals surface area contributed by atoms with Crippen LogP contribution in [-0.4, -0.2) is 51.8 Å². The molecule has 10 heteroatoms. The minimum atomic E-state index is -3.00. The van der Waals surface area contributed by atoms with Crippen LogP contribution in [0.15, 0.2) is 146 Å². The van der Waals surface area contributed by atoms with Crippen LogP contribution in [0.1, 0.15) is 0 Å². The Balaban J connectivity index is 1.52. The fourth-order valence-electron chi connectivity index (χ4n) is 6.29. The number of hydrogen-bond acceptors (Lipinski definition) is 4. The second-order valence-electron chi connectivity index (χ2n) is 13.8. The maximum absolute atomic E-state index is 7.52. The molecule has 0 aliphatic rings. The van der Waals surface area contributed by atoms with Gasteiger partial charge in [-0.15, -0.1) is 0 Å². The van der Waals surface area contributed by atoms with E-state index in [9.17, 15) is 0 Å². The topological polar surface area (TPSA) is 36.9 Å². The van der Waals surface area contributed by atoms with Crippen molar-refractivity contribution in [3.05, 3.63) is 146 Å². The van der Waals surface area contributed by atoms with Gasteiger partial charge in [-0.3, -0.25) is 0 Å². The van der Waals surface area contributed by atoms with Gasteiger partial charge >= 0.3 is 17.1 Å². The van der Waals surface area contributed by atoms with Gasteiger partial charge in [0.05, 0.1) is 0 Å². The van der Waals surface area contributed by atoms with Crippen LogP contribution in [0.4, 0.5) is 0 Å². The first kappa shape index (κ1) is 36.5. The zero-order valence-corrected chi connectivity index (χ0v) is 36.0. The van der Waals surface area contributed by atoms with Gasteiger partial charge in [-0.2, -0.15) is 0 Å². The van der Waals surface area contributed by atoms with Crippen molar-refractivity contribution in [2.24, 2.45) is 0 Å². The Morgan fingerprint density at radius 2 is 0.562 bits per heavy atom. The highest BCUT2D eigenvalue weighted by atomic mass is 28.5. The summed E-state index contributed by atoms with van der Waals surface area (Å²) in [5.74, 6) is 0. The highest BCUT2D eigenvalue weighted by Crippen LogP contribution is 2.21. The van der Waals surface area contributed by atoms with Gasteiger partial charge in [0.1, 0.15) is 0 Å². The van der Waals surface area contributed by atoms with Crippen LogP contribution in [0.3, 0.4) is 0 Å². The second-order valence-corrected chi connectivity index (χ2v) is 33.5. The van der Waals surface area contributed by atoms with Crippen LogP contribution < -0.4 is 31.1 Å². The summed E-state index contributed by atoms with van der Waals surface area (Å²) in [7, 11) is -13.9. The molecule has 0 heterocycles. The summed E-state index contributed by atoms with van der Waals surface area (Å²) in [6.45, 7) is 18.2. The standard InChI is InChI=1S/C38H50O4Si6/c1-43(2)39-47(35-21-13-9-14-22-35,36-23-15-10-16-24-36)41-45(5,6)33-29-31-34(32-30-33)46(7,8)42-48(40-44(3)4,37-25-17-11-18-26-37)38-27-19-12-20-28-38/h9-32,43-44H,1-8H3. The predicted octanol–water partition coefficient (Wildman–Crippen LogP) is 5.06. The molecule has 5 rings (SSSR count). The minimum absolute atomic E-state index is 1.16. The molecule has 0 amide bonds. The van der Waals surface area contributed by atoms with Crippen molar-refractivity contribution in [2.45, 2.75) is 52.4 Å². The molecule has 0 saturated carbocycles. The third kappa shape index (κ3) is 8.16. The Morgan fingerprint density at radius 1 is 0.333 bits per heavy atom. The van der Waals surface area contributed by atoms with Crippen LogP contribution >= 0.6 is 0 Å². The molecule has 0 bridgehead atoms. The third-order valence-corrected chi connectivity index (χ3v) is 29.1. The van der Waals surface area contributed by atoms with Gasteiger partial charge in [0.15, 0.2) is 18.1 Å². The summed E-state index contributed by atoms with van der Waals surface area (Å²) in [5, 5.41) is 7.13. The Bertz CT molecular complexity index is 1510. The van der Waals surface area contributed by atoms with Gasteiger partial charge in [-0.25, -0.2) is 0 Å². The van der Waals surface area contributed by atoms with Crippen LogP contribution in [0.25, 0.3) is 0 Å². The van der Waals surface area contributed by atoms with E-state index in [2.05, 4.69) is 198 Å². The molecule has 0 fully saturated rings. The highest BCUT2D eigenvalue weighted by Gasteiger charge is 2.50. The zero-order valence-electron chi connectivity index (χ0n) is 29.6. The van der Waals surface area contributed by atoms with E-state index in [1.807, 2.05) is 0 Å². The average molecular weight is 739 g/mol. The van der Waals surface area contributed by atoms with Gasteiger partial charge in [0.2, 0.25) is 16.6 Å². The lowest BCUT2D eigenvalue weighted by Gasteiger charge is -2.41. The first-order valence-corrected chi connectivity index (χ1v) is 32.0. The quantitative estimate of drug-likeness (QED) is 0.150. The Morgan fingerprint density at radius 3 is 0.771 bits per heavy atom. The minimum Gasteiger partial charge on any atom is -0.433 e. The largest absolute Gasteiger partial charge is 0.433 e. The van der Waals surface area contributed by atoms with Crippen LogP contribution in [0.2, 0.25) is 52.4 Å². The van der Waals surface area contributed by atoms with Crippen molar-refractivity contribution < 1.29 is 16.5 Å². The van der Waals surface area contributed by atoms with Gasteiger partial charge in [-0.05, 0) is 83.5 Å². The normalized spacial score (nSPS) is 12.9. The molecule has 0 N–H and O–H groups in total. The smallest absolute Gasteiger partial charge is 0.386 e. The molecule has 4 nitrogen and oxygen atoms in total. The summed E-state index contributed by atoms with van der Waals surface area (Å²) < 4.78 is 29.2. The van der Waals surface area contributed by atoms with E-state index in [0.29, 0.717) is 0 Å². The third-order valence-electron chi connectivity index (χ3n) is 8.49. The lowest BCUT2D eigenvalue weighted by molar-refractivity contribution is 0.425. The molecule has 0 radical (unpaired) electrons. The average Bonchev–Trinajstić information content (AvgIpc) is 3.08.